The number of aromatic nitrogens is 4. The molecule has 1 aliphatic heterocycles. The van der Waals surface area contributed by atoms with Gasteiger partial charge >= 0.3 is 0 Å². The molecule has 4 rings (SSSR count). The fourth-order valence-electron chi connectivity index (χ4n) is 3.48. The van der Waals surface area contributed by atoms with E-state index in [4.69, 9.17) is 0 Å². The van der Waals surface area contributed by atoms with Crippen LogP contribution in [0.1, 0.15) is 27.4 Å². The van der Waals surface area contributed by atoms with E-state index >= 15 is 0 Å². The van der Waals surface area contributed by atoms with E-state index in [1.54, 1.807) is 0 Å². The highest BCUT2D eigenvalue weighted by Crippen LogP contribution is 2.18. The smallest absolute Gasteiger partial charge is 0.257 e. The highest BCUT2D eigenvalue weighted by Gasteiger charge is 2.23. The van der Waals surface area contributed by atoms with Crippen molar-refractivity contribution in [1.29, 1.82) is 0 Å². The third-order valence-electron chi connectivity index (χ3n) is 4.87. The van der Waals surface area contributed by atoms with Crippen molar-refractivity contribution in [1.82, 2.24) is 24.5 Å². The summed E-state index contributed by atoms with van der Waals surface area (Å²) >= 11 is 0. The van der Waals surface area contributed by atoms with Crippen LogP contribution in [0.15, 0.2) is 30.3 Å². The number of aryl methyl sites for hydroxylation is 3. The zero-order valence-electron chi connectivity index (χ0n) is 15.3. The van der Waals surface area contributed by atoms with Gasteiger partial charge in [0.05, 0.1) is 0 Å². The Hall–Kier alpha value is -2.96. The molecule has 26 heavy (non-hydrogen) atoms. The van der Waals surface area contributed by atoms with Crippen molar-refractivity contribution in [2.45, 2.75) is 20.8 Å². The van der Waals surface area contributed by atoms with Crippen LogP contribution >= 0.6 is 0 Å². The minimum atomic E-state index is 0.0982. The van der Waals surface area contributed by atoms with Crippen LogP contribution in [0.3, 0.4) is 0 Å². The van der Waals surface area contributed by atoms with Gasteiger partial charge in [0.2, 0.25) is 0 Å². The average Bonchev–Trinajstić information content (AvgIpc) is 3.03. The number of hydrogen-bond donors (Lipinski definition) is 0. The average molecular weight is 350 g/mol. The Labute approximate surface area is 152 Å². The van der Waals surface area contributed by atoms with Crippen molar-refractivity contribution in [2.75, 3.05) is 31.1 Å². The molecule has 0 bridgehead atoms. The van der Waals surface area contributed by atoms with Crippen molar-refractivity contribution < 1.29 is 4.79 Å². The maximum Gasteiger partial charge on any atom is 0.257 e. The Kier molecular flexibility index (Phi) is 4.06. The van der Waals surface area contributed by atoms with E-state index in [0.29, 0.717) is 18.9 Å². The molecule has 0 aliphatic carbocycles. The molecule has 7 nitrogen and oxygen atoms in total. The SMILES string of the molecule is Cc1cccc(C(=O)N2CCN(c3cc(C)n4c(C)nnc4n3)CC2)c1. The zero-order chi connectivity index (χ0) is 18.3. The quantitative estimate of drug-likeness (QED) is 0.707. The maximum absolute atomic E-state index is 12.7. The minimum absolute atomic E-state index is 0.0982. The molecule has 1 aromatic carbocycles. The molecular formula is C19H22N6O. The molecule has 0 radical (unpaired) electrons. The molecule has 0 N–H and O–H groups in total. The fraction of sp³-hybridized carbons (Fsp3) is 0.368. The van der Waals surface area contributed by atoms with Gasteiger partial charge in [0.15, 0.2) is 0 Å². The Morgan fingerprint density at radius 1 is 1.00 bits per heavy atom. The Morgan fingerprint density at radius 2 is 1.77 bits per heavy atom. The first-order valence-electron chi connectivity index (χ1n) is 8.83. The first kappa shape index (κ1) is 16.5. The van der Waals surface area contributed by atoms with Gasteiger partial charge in [-0.3, -0.25) is 9.20 Å². The summed E-state index contributed by atoms with van der Waals surface area (Å²) in [5, 5.41) is 8.23. The van der Waals surface area contributed by atoms with Crippen molar-refractivity contribution in [3.8, 4) is 0 Å². The molecule has 1 aliphatic rings. The second-order valence-electron chi connectivity index (χ2n) is 6.79. The number of fused-ring (bicyclic) bond motifs is 1. The summed E-state index contributed by atoms with van der Waals surface area (Å²) in [6, 6.07) is 9.82. The van der Waals surface area contributed by atoms with Crippen LogP contribution in [-0.2, 0) is 0 Å². The lowest BCUT2D eigenvalue weighted by atomic mass is 10.1. The Bertz CT molecular complexity index is 971. The number of anilines is 1. The predicted molar refractivity (Wildman–Crippen MR) is 99.6 cm³/mol. The summed E-state index contributed by atoms with van der Waals surface area (Å²) in [4.78, 5) is 21.4. The second-order valence-corrected chi connectivity index (χ2v) is 6.79. The van der Waals surface area contributed by atoms with Gasteiger partial charge in [-0.25, -0.2) is 0 Å². The number of carbonyl (C=O) groups excluding carboxylic acids is 1. The van der Waals surface area contributed by atoms with Crippen LogP contribution in [0.25, 0.3) is 5.78 Å². The highest BCUT2D eigenvalue weighted by molar-refractivity contribution is 5.94. The summed E-state index contributed by atoms with van der Waals surface area (Å²) in [6.45, 7) is 8.84. The van der Waals surface area contributed by atoms with Crippen molar-refractivity contribution in [3.05, 3.63) is 53.0 Å². The molecular weight excluding hydrogens is 328 g/mol. The zero-order valence-corrected chi connectivity index (χ0v) is 15.3. The lowest BCUT2D eigenvalue weighted by Crippen LogP contribution is -2.49. The highest BCUT2D eigenvalue weighted by atomic mass is 16.2. The normalized spacial score (nSPS) is 14.9. The van der Waals surface area contributed by atoms with Gasteiger partial charge in [-0.05, 0) is 32.9 Å². The summed E-state index contributed by atoms with van der Waals surface area (Å²) < 4.78 is 1.95. The largest absolute Gasteiger partial charge is 0.353 e. The van der Waals surface area contributed by atoms with Crippen LogP contribution in [0, 0.1) is 20.8 Å². The number of rotatable bonds is 2. The van der Waals surface area contributed by atoms with Gasteiger partial charge in [-0.15, -0.1) is 10.2 Å². The van der Waals surface area contributed by atoms with Gasteiger partial charge in [-0.1, -0.05) is 17.7 Å². The summed E-state index contributed by atoms with van der Waals surface area (Å²) in [7, 11) is 0. The monoisotopic (exact) mass is 350 g/mol. The standard InChI is InChI=1S/C19H22N6O/c1-13-5-4-6-16(11-13)18(26)24-9-7-23(8-10-24)17-12-14(2)25-15(3)21-22-19(25)20-17/h4-6,11-12H,7-10H2,1-3H3. The summed E-state index contributed by atoms with van der Waals surface area (Å²) in [5.41, 5.74) is 2.92. The molecule has 0 unspecified atom stereocenters. The van der Waals surface area contributed by atoms with Crippen LogP contribution in [0.5, 0.6) is 0 Å². The van der Waals surface area contributed by atoms with Crippen LogP contribution in [0.2, 0.25) is 0 Å². The molecule has 7 heteroatoms. The molecule has 0 saturated carbocycles. The lowest BCUT2D eigenvalue weighted by Gasteiger charge is -2.35. The second kappa shape index (κ2) is 6.40. The van der Waals surface area contributed by atoms with Gasteiger partial charge in [-0.2, -0.15) is 4.98 Å². The number of nitrogens with zero attached hydrogens (tertiary/aromatic N) is 6. The molecule has 1 fully saturated rings. The van der Waals surface area contributed by atoms with Crippen LogP contribution < -0.4 is 4.90 Å². The van der Waals surface area contributed by atoms with Crippen molar-refractivity contribution >= 4 is 17.5 Å². The first-order valence-corrected chi connectivity index (χ1v) is 8.83. The Morgan fingerprint density at radius 3 is 2.50 bits per heavy atom. The summed E-state index contributed by atoms with van der Waals surface area (Å²) in [6.07, 6.45) is 0. The molecule has 1 amide bonds. The molecule has 134 valence electrons. The topological polar surface area (TPSA) is 66.6 Å². The maximum atomic E-state index is 12.7. The molecule has 0 spiro atoms. The van der Waals surface area contributed by atoms with E-state index in [1.807, 2.05) is 54.3 Å². The molecule has 3 aromatic rings. The lowest BCUT2D eigenvalue weighted by molar-refractivity contribution is 0.0746. The van der Waals surface area contributed by atoms with Gasteiger partial charge in [0.25, 0.3) is 11.7 Å². The van der Waals surface area contributed by atoms with E-state index in [9.17, 15) is 4.79 Å². The number of amides is 1. The van der Waals surface area contributed by atoms with Gasteiger partial charge < -0.3 is 9.80 Å². The van der Waals surface area contributed by atoms with E-state index in [2.05, 4.69) is 26.1 Å². The van der Waals surface area contributed by atoms with Crippen LogP contribution in [0.4, 0.5) is 5.82 Å². The van der Waals surface area contributed by atoms with Gasteiger partial charge in [0, 0.05) is 43.5 Å². The van der Waals surface area contributed by atoms with Crippen molar-refractivity contribution in [3.63, 3.8) is 0 Å². The summed E-state index contributed by atoms with van der Waals surface area (Å²) in [5.74, 6) is 2.45. The van der Waals surface area contributed by atoms with E-state index < -0.39 is 0 Å². The van der Waals surface area contributed by atoms with E-state index in [-0.39, 0.29) is 5.91 Å². The number of carbonyl (C=O) groups is 1. The van der Waals surface area contributed by atoms with E-state index in [1.165, 1.54) is 0 Å². The predicted octanol–water partition coefficient (Wildman–Crippen LogP) is 2.01. The molecule has 0 atom stereocenters. The van der Waals surface area contributed by atoms with Crippen molar-refractivity contribution in [2.24, 2.45) is 0 Å². The minimum Gasteiger partial charge on any atom is -0.353 e. The molecule has 2 aromatic heterocycles. The third kappa shape index (κ3) is 2.89. The molecule has 3 heterocycles. The fourth-order valence-corrected chi connectivity index (χ4v) is 3.48. The number of hydrogen-bond acceptors (Lipinski definition) is 5. The number of piperazine rings is 1. The molecule has 1 saturated heterocycles. The first-order chi connectivity index (χ1) is 12.5. The Balaban J connectivity index is 1.49. The van der Waals surface area contributed by atoms with Gasteiger partial charge in [0.1, 0.15) is 11.6 Å². The number of benzene rings is 1. The van der Waals surface area contributed by atoms with Crippen LogP contribution in [-0.4, -0.2) is 56.6 Å². The van der Waals surface area contributed by atoms with E-state index in [0.717, 1.165) is 41.6 Å². The third-order valence-corrected chi connectivity index (χ3v) is 4.87.